The first-order chi connectivity index (χ1) is 12.9. The molecular formula is C19H25N3O5. The summed E-state index contributed by atoms with van der Waals surface area (Å²) in [4.78, 5) is 39.1. The van der Waals surface area contributed by atoms with Gasteiger partial charge in [0.05, 0.1) is 6.61 Å². The highest BCUT2D eigenvalue weighted by molar-refractivity contribution is 5.88. The van der Waals surface area contributed by atoms with E-state index in [0.29, 0.717) is 13.2 Å². The topological polar surface area (TPSA) is 110 Å². The van der Waals surface area contributed by atoms with Gasteiger partial charge in [-0.05, 0) is 18.6 Å². The van der Waals surface area contributed by atoms with Crippen molar-refractivity contribution < 1.29 is 23.9 Å². The number of rotatable bonds is 9. The van der Waals surface area contributed by atoms with Crippen LogP contribution < -0.4 is 10.6 Å². The zero-order chi connectivity index (χ0) is 19.8. The van der Waals surface area contributed by atoms with Gasteiger partial charge in [0.25, 0.3) is 5.91 Å². The fourth-order valence-electron chi connectivity index (χ4n) is 2.69. The van der Waals surface area contributed by atoms with Gasteiger partial charge >= 0.3 is 5.97 Å². The van der Waals surface area contributed by atoms with Crippen molar-refractivity contribution in [2.24, 2.45) is 0 Å². The summed E-state index contributed by atoms with van der Waals surface area (Å²) in [6, 6.07) is 6.78. The molecule has 0 saturated carbocycles. The largest absolute Gasteiger partial charge is 0.451 e. The predicted octanol–water partition coefficient (Wildman–Crippen LogP) is 0.909. The Labute approximate surface area is 157 Å². The van der Waals surface area contributed by atoms with Crippen molar-refractivity contribution in [2.45, 2.75) is 32.4 Å². The van der Waals surface area contributed by atoms with Gasteiger partial charge in [0.2, 0.25) is 5.91 Å². The quantitative estimate of drug-likeness (QED) is 0.446. The summed E-state index contributed by atoms with van der Waals surface area (Å²) in [5, 5.41) is 6.17. The van der Waals surface area contributed by atoms with E-state index in [-0.39, 0.29) is 12.3 Å². The number of aromatic nitrogens is 1. The molecule has 0 aliphatic heterocycles. The first-order valence-electron chi connectivity index (χ1n) is 8.71. The molecular weight excluding hydrogens is 350 g/mol. The van der Waals surface area contributed by atoms with E-state index in [1.165, 1.54) is 21.0 Å². The average molecular weight is 375 g/mol. The molecule has 0 aliphatic carbocycles. The molecule has 2 rings (SSSR count). The molecule has 8 nitrogen and oxygen atoms in total. The SMILES string of the molecule is COCCNC(=O)[C@@H](C)OC(=O)[C@H](Cc1c[nH]c2ccccc12)NC(C)=O. The Kier molecular flexibility index (Phi) is 7.36. The Bertz CT molecular complexity index is 801. The second kappa shape index (κ2) is 9.72. The van der Waals surface area contributed by atoms with Crippen LogP contribution in [0.2, 0.25) is 0 Å². The third-order valence-electron chi connectivity index (χ3n) is 4.03. The minimum Gasteiger partial charge on any atom is -0.451 e. The van der Waals surface area contributed by atoms with Crippen molar-refractivity contribution in [1.82, 2.24) is 15.6 Å². The minimum atomic E-state index is -0.978. The number of amides is 2. The molecule has 2 amide bonds. The molecule has 1 aromatic heterocycles. The van der Waals surface area contributed by atoms with Crippen molar-refractivity contribution >= 4 is 28.7 Å². The van der Waals surface area contributed by atoms with Gasteiger partial charge in [0.15, 0.2) is 6.10 Å². The third-order valence-corrected chi connectivity index (χ3v) is 4.03. The van der Waals surface area contributed by atoms with E-state index in [9.17, 15) is 14.4 Å². The van der Waals surface area contributed by atoms with Crippen LogP contribution in [0.15, 0.2) is 30.5 Å². The van der Waals surface area contributed by atoms with E-state index in [0.717, 1.165) is 16.5 Å². The second-order valence-corrected chi connectivity index (χ2v) is 6.18. The van der Waals surface area contributed by atoms with Crippen LogP contribution in [0.3, 0.4) is 0 Å². The fourth-order valence-corrected chi connectivity index (χ4v) is 2.69. The van der Waals surface area contributed by atoms with Crippen LogP contribution in [0, 0.1) is 0 Å². The van der Waals surface area contributed by atoms with Crippen LogP contribution in [0.25, 0.3) is 10.9 Å². The minimum absolute atomic E-state index is 0.250. The number of hydrogen-bond acceptors (Lipinski definition) is 5. The second-order valence-electron chi connectivity index (χ2n) is 6.18. The number of carbonyl (C=O) groups excluding carboxylic acids is 3. The maximum atomic E-state index is 12.5. The van der Waals surface area contributed by atoms with Gasteiger partial charge in [-0.1, -0.05) is 18.2 Å². The van der Waals surface area contributed by atoms with Gasteiger partial charge < -0.3 is 25.1 Å². The maximum absolute atomic E-state index is 12.5. The molecule has 0 aliphatic rings. The van der Waals surface area contributed by atoms with E-state index < -0.39 is 24.0 Å². The number of hydrogen-bond donors (Lipinski definition) is 3. The Morgan fingerprint density at radius 3 is 2.67 bits per heavy atom. The van der Waals surface area contributed by atoms with E-state index >= 15 is 0 Å². The summed E-state index contributed by atoms with van der Waals surface area (Å²) >= 11 is 0. The lowest BCUT2D eigenvalue weighted by Gasteiger charge is -2.19. The van der Waals surface area contributed by atoms with Crippen molar-refractivity contribution in [1.29, 1.82) is 0 Å². The molecule has 0 spiro atoms. The molecule has 3 N–H and O–H groups in total. The summed E-state index contributed by atoms with van der Waals surface area (Å²) in [5.41, 5.74) is 1.81. The average Bonchev–Trinajstić information content (AvgIpc) is 3.04. The number of para-hydroxylation sites is 1. The van der Waals surface area contributed by atoms with Crippen LogP contribution in [-0.2, 0) is 30.3 Å². The summed E-state index contributed by atoms with van der Waals surface area (Å²) in [6.07, 6.45) is 1.07. The van der Waals surface area contributed by atoms with Crippen molar-refractivity contribution in [3.8, 4) is 0 Å². The summed E-state index contributed by atoms with van der Waals surface area (Å²) < 4.78 is 10.1. The lowest BCUT2D eigenvalue weighted by atomic mass is 10.0. The number of nitrogens with one attached hydrogen (secondary N) is 3. The normalized spacial score (nSPS) is 13.0. The zero-order valence-corrected chi connectivity index (χ0v) is 15.7. The lowest BCUT2D eigenvalue weighted by Crippen LogP contribution is -2.45. The standard InChI is InChI=1S/C19H25N3O5/c1-12(18(24)20-8-9-26-3)27-19(25)17(22-13(2)23)10-14-11-21-16-7-5-4-6-15(14)16/h4-7,11-12,17,21H,8-10H2,1-3H3,(H,20,24)(H,22,23)/t12-,17+/m1/s1. The highest BCUT2D eigenvalue weighted by Gasteiger charge is 2.26. The number of H-pyrrole nitrogens is 1. The molecule has 0 saturated heterocycles. The first kappa shape index (κ1) is 20.4. The van der Waals surface area contributed by atoms with E-state index in [1.54, 1.807) is 6.20 Å². The smallest absolute Gasteiger partial charge is 0.329 e. The number of esters is 1. The van der Waals surface area contributed by atoms with Gasteiger partial charge in [-0.25, -0.2) is 4.79 Å². The van der Waals surface area contributed by atoms with E-state index in [4.69, 9.17) is 9.47 Å². The van der Waals surface area contributed by atoms with Crippen molar-refractivity contribution in [3.63, 3.8) is 0 Å². The van der Waals surface area contributed by atoms with Gasteiger partial charge in [-0.15, -0.1) is 0 Å². The van der Waals surface area contributed by atoms with E-state index in [1.807, 2.05) is 24.3 Å². The highest BCUT2D eigenvalue weighted by atomic mass is 16.5. The molecule has 8 heteroatoms. The Morgan fingerprint density at radius 1 is 1.22 bits per heavy atom. The number of carbonyl (C=O) groups is 3. The molecule has 146 valence electrons. The summed E-state index contributed by atoms with van der Waals surface area (Å²) in [7, 11) is 1.53. The highest BCUT2D eigenvalue weighted by Crippen LogP contribution is 2.19. The molecule has 0 fully saturated rings. The Hall–Kier alpha value is -2.87. The van der Waals surface area contributed by atoms with E-state index in [2.05, 4.69) is 15.6 Å². The Balaban J connectivity index is 2.05. The van der Waals surface area contributed by atoms with Crippen LogP contribution >= 0.6 is 0 Å². The predicted molar refractivity (Wildman–Crippen MR) is 100 cm³/mol. The number of fused-ring (bicyclic) bond motifs is 1. The Morgan fingerprint density at radius 2 is 1.96 bits per heavy atom. The molecule has 0 radical (unpaired) electrons. The monoisotopic (exact) mass is 375 g/mol. The van der Waals surface area contributed by atoms with Gasteiger partial charge in [-0.2, -0.15) is 0 Å². The third kappa shape index (κ3) is 5.82. The molecule has 0 bridgehead atoms. The van der Waals surface area contributed by atoms with Crippen molar-refractivity contribution in [3.05, 3.63) is 36.0 Å². The number of aromatic amines is 1. The van der Waals surface area contributed by atoms with Crippen LogP contribution in [0.1, 0.15) is 19.4 Å². The number of methoxy groups -OCH3 is 1. The molecule has 1 heterocycles. The van der Waals surface area contributed by atoms with Crippen LogP contribution in [0.4, 0.5) is 0 Å². The van der Waals surface area contributed by atoms with Gasteiger partial charge in [0, 0.05) is 44.1 Å². The van der Waals surface area contributed by atoms with Gasteiger partial charge in [-0.3, -0.25) is 9.59 Å². The number of ether oxygens (including phenoxy) is 2. The summed E-state index contributed by atoms with van der Waals surface area (Å²) in [5.74, 6) is -1.44. The molecule has 2 atom stereocenters. The van der Waals surface area contributed by atoms with Crippen molar-refractivity contribution in [2.75, 3.05) is 20.3 Å². The van der Waals surface area contributed by atoms with Crippen LogP contribution in [-0.4, -0.2) is 55.2 Å². The fraction of sp³-hybridized carbons (Fsp3) is 0.421. The molecule has 2 aromatic rings. The van der Waals surface area contributed by atoms with Crippen LogP contribution in [0.5, 0.6) is 0 Å². The molecule has 0 unspecified atom stereocenters. The number of benzene rings is 1. The molecule has 27 heavy (non-hydrogen) atoms. The zero-order valence-electron chi connectivity index (χ0n) is 15.7. The lowest BCUT2D eigenvalue weighted by molar-refractivity contribution is -0.157. The van der Waals surface area contributed by atoms with Gasteiger partial charge in [0.1, 0.15) is 6.04 Å². The molecule has 1 aromatic carbocycles. The maximum Gasteiger partial charge on any atom is 0.329 e. The summed E-state index contributed by atoms with van der Waals surface area (Å²) in [6.45, 7) is 3.50. The first-order valence-corrected chi connectivity index (χ1v) is 8.71.